The van der Waals surface area contributed by atoms with Gasteiger partial charge in [-0.05, 0) is 37.8 Å². The van der Waals surface area contributed by atoms with Gasteiger partial charge in [0.1, 0.15) is 34.8 Å². The van der Waals surface area contributed by atoms with Gasteiger partial charge in [-0.25, -0.2) is 14.6 Å². The number of carbonyl (C=O) groups is 1. The Morgan fingerprint density at radius 1 is 1.21 bits per heavy atom. The first-order valence-electron chi connectivity index (χ1n) is 9.57. The van der Waals surface area contributed by atoms with Crippen LogP contribution in [0.1, 0.15) is 42.6 Å². The maximum Gasteiger partial charge on any atom is 0.293 e. The average molecular weight is 414 g/mol. The number of hydrogen-bond acceptors (Lipinski definition) is 6. The molecule has 4 heterocycles. The number of nitrogens with one attached hydrogen (secondary N) is 3. The third-order valence-electron chi connectivity index (χ3n) is 5.90. The number of aromatic amines is 1. The van der Waals surface area contributed by atoms with Crippen LogP contribution in [0.25, 0.3) is 11.0 Å². The van der Waals surface area contributed by atoms with Crippen molar-refractivity contribution in [2.45, 2.75) is 37.8 Å². The van der Waals surface area contributed by atoms with Crippen LogP contribution in [0.3, 0.4) is 0 Å². The lowest BCUT2D eigenvalue weighted by atomic mass is 9.87. The highest BCUT2D eigenvalue weighted by Gasteiger charge is 2.44. The lowest BCUT2D eigenvalue weighted by Gasteiger charge is -2.49. The van der Waals surface area contributed by atoms with Crippen LogP contribution in [0.15, 0.2) is 29.5 Å². The second kappa shape index (κ2) is 6.48. The summed E-state index contributed by atoms with van der Waals surface area (Å²) in [5.41, 5.74) is 0.123. The molecule has 0 atom stereocenters. The van der Waals surface area contributed by atoms with Crippen molar-refractivity contribution in [1.29, 1.82) is 0 Å². The van der Waals surface area contributed by atoms with Crippen LogP contribution in [0.2, 0.25) is 5.02 Å². The predicted molar refractivity (Wildman–Crippen MR) is 110 cm³/mol. The number of H-pyrrole nitrogens is 1. The molecule has 9 nitrogen and oxygen atoms in total. The van der Waals surface area contributed by atoms with Gasteiger partial charge in [0.05, 0.1) is 10.4 Å². The van der Waals surface area contributed by atoms with E-state index in [-0.39, 0.29) is 27.9 Å². The largest absolute Gasteiger partial charge is 0.346 e. The van der Waals surface area contributed by atoms with Crippen molar-refractivity contribution >= 4 is 40.0 Å². The third kappa shape index (κ3) is 2.68. The SMILES string of the molecule is CN1n2c(c(Cl)cc(Nc3ncnc4[nH]ccc34)c2=O)C(=O)NC12CCCCC2. The van der Waals surface area contributed by atoms with Crippen LogP contribution in [0.4, 0.5) is 11.5 Å². The molecule has 2 aliphatic rings. The van der Waals surface area contributed by atoms with Crippen LogP contribution in [0, 0.1) is 0 Å². The first-order valence-corrected chi connectivity index (χ1v) is 9.95. The molecule has 150 valence electrons. The Bertz CT molecular complexity index is 1180. The molecule has 1 spiro atoms. The summed E-state index contributed by atoms with van der Waals surface area (Å²) in [6.07, 6.45) is 7.84. The molecule has 0 saturated heterocycles. The standard InChI is InChI=1S/C19H20ClN7O2/c1-26-19(6-3-2-4-7-19)25-17(28)14-12(20)9-13(18(29)27(14)26)24-16-11-5-8-21-15(11)22-10-23-16/h5,8-10H,2-4,6-7H2,1H3,(H,25,28)(H2,21,22,23,24). The molecule has 1 amide bonds. The van der Waals surface area contributed by atoms with E-state index in [1.54, 1.807) is 6.20 Å². The zero-order valence-electron chi connectivity index (χ0n) is 15.8. The molecule has 1 aliphatic carbocycles. The summed E-state index contributed by atoms with van der Waals surface area (Å²) in [4.78, 5) is 37.7. The first kappa shape index (κ1) is 18.0. The molecule has 1 aliphatic heterocycles. The van der Waals surface area contributed by atoms with Crippen molar-refractivity contribution in [3.8, 4) is 0 Å². The van der Waals surface area contributed by atoms with Crippen LogP contribution in [0.5, 0.6) is 0 Å². The fourth-order valence-electron chi connectivity index (χ4n) is 4.38. The first-order chi connectivity index (χ1) is 14.0. The fourth-order valence-corrected chi connectivity index (χ4v) is 4.66. The zero-order valence-corrected chi connectivity index (χ0v) is 16.6. The summed E-state index contributed by atoms with van der Waals surface area (Å²) in [5.74, 6) is 0.161. The van der Waals surface area contributed by atoms with Gasteiger partial charge in [-0.2, -0.15) is 0 Å². The highest BCUT2D eigenvalue weighted by atomic mass is 35.5. The van der Waals surface area contributed by atoms with Crippen LogP contribution >= 0.6 is 11.6 Å². The van der Waals surface area contributed by atoms with Gasteiger partial charge in [-0.15, -0.1) is 0 Å². The minimum Gasteiger partial charge on any atom is -0.346 e. The van der Waals surface area contributed by atoms with Crippen molar-refractivity contribution < 1.29 is 4.79 Å². The molecular weight excluding hydrogens is 394 g/mol. The predicted octanol–water partition coefficient (Wildman–Crippen LogP) is 2.49. The zero-order chi connectivity index (χ0) is 20.2. The van der Waals surface area contributed by atoms with Gasteiger partial charge in [0.2, 0.25) is 0 Å². The number of carbonyl (C=O) groups excluding carboxylic acids is 1. The minimum atomic E-state index is -0.572. The van der Waals surface area contributed by atoms with E-state index in [0.717, 1.165) is 37.5 Å². The van der Waals surface area contributed by atoms with Crippen molar-refractivity contribution in [3.05, 3.63) is 45.7 Å². The molecule has 0 aromatic carbocycles. The molecule has 3 aromatic rings. The monoisotopic (exact) mass is 413 g/mol. The van der Waals surface area contributed by atoms with Gasteiger partial charge in [-0.1, -0.05) is 18.0 Å². The Balaban J connectivity index is 1.63. The number of pyridine rings is 1. The quantitative estimate of drug-likeness (QED) is 0.595. The van der Waals surface area contributed by atoms with E-state index in [1.165, 1.54) is 17.1 Å². The van der Waals surface area contributed by atoms with Gasteiger partial charge < -0.3 is 15.6 Å². The Hall–Kier alpha value is -3.07. The summed E-state index contributed by atoms with van der Waals surface area (Å²) in [6.45, 7) is 0. The van der Waals surface area contributed by atoms with Gasteiger partial charge in [0.25, 0.3) is 11.5 Å². The summed E-state index contributed by atoms with van der Waals surface area (Å²) in [5, 5.41) is 8.94. The number of halogens is 1. The minimum absolute atomic E-state index is 0.149. The Morgan fingerprint density at radius 2 is 2.00 bits per heavy atom. The second-order valence-electron chi connectivity index (χ2n) is 7.53. The van der Waals surface area contributed by atoms with E-state index in [1.807, 2.05) is 18.1 Å². The van der Waals surface area contributed by atoms with Gasteiger partial charge in [0, 0.05) is 13.2 Å². The molecule has 3 N–H and O–H groups in total. The third-order valence-corrected chi connectivity index (χ3v) is 6.19. The smallest absolute Gasteiger partial charge is 0.293 e. The number of anilines is 2. The van der Waals surface area contributed by atoms with Crippen LogP contribution in [-0.4, -0.2) is 38.2 Å². The van der Waals surface area contributed by atoms with Gasteiger partial charge in [0.15, 0.2) is 0 Å². The molecule has 1 fully saturated rings. The number of hydrogen-bond donors (Lipinski definition) is 3. The molecule has 29 heavy (non-hydrogen) atoms. The molecule has 3 aromatic heterocycles. The average Bonchev–Trinajstić information content (AvgIpc) is 3.19. The molecule has 10 heteroatoms. The van der Waals surface area contributed by atoms with E-state index in [9.17, 15) is 9.59 Å². The molecule has 0 unspecified atom stereocenters. The van der Waals surface area contributed by atoms with Crippen LogP contribution < -0.4 is 21.2 Å². The van der Waals surface area contributed by atoms with E-state index in [0.29, 0.717) is 11.5 Å². The molecule has 0 radical (unpaired) electrons. The molecular formula is C19H20ClN7O2. The Labute approximate surface area is 171 Å². The van der Waals surface area contributed by atoms with Crippen molar-refractivity contribution in [3.63, 3.8) is 0 Å². The molecule has 0 bridgehead atoms. The number of rotatable bonds is 2. The summed E-state index contributed by atoms with van der Waals surface area (Å²) in [7, 11) is 1.82. The molecule has 1 saturated carbocycles. The van der Waals surface area contributed by atoms with Crippen LogP contribution in [-0.2, 0) is 0 Å². The summed E-state index contributed by atoms with van der Waals surface area (Å²) in [6, 6.07) is 3.30. The normalized spacial score (nSPS) is 18.0. The van der Waals surface area contributed by atoms with Gasteiger partial charge in [-0.3, -0.25) is 14.6 Å². The number of aromatic nitrogens is 4. The lowest BCUT2D eigenvalue weighted by molar-refractivity contribution is 0.0775. The van der Waals surface area contributed by atoms with Crippen molar-refractivity contribution in [1.82, 2.24) is 24.9 Å². The summed E-state index contributed by atoms with van der Waals surface area (Å²) >= 11 is 6.44. The van der Waals surface area contributed by atoms with E-state index in [2.05, 4.69) is 25.6 Å². The van der Waals surface area contributed by atoms with Crippen molar-refractivity contribution in [2.75, 3.05) is 17.4 Å². The second-order valence-corrected chi connectivity index (χ2v) is 7.94. The van der Waals surface area contributed by atoms with Gasteiger partial charge >= 0.3 is 0 Å². The topological polar surface area (TPSA) is 108 Å². The number of nitrogens with zero attached hydrogens (tertiary/aromatic N) is 4. The maximum atomic E-state index is 13.4. The van der Waals surface area contributed by atoms with E-state index >= 15 is 0 Å². The van der Waals surface area contributed by atoms with Crippen molar-refractivity contribution in [2.24, 2.45) is 0 Å². The highest BCUT2D eigenvalue weighted by Crippen LogP contribution is 2.34. The fraction of sp³-hybridized carbons (Fsp3) is 0.368. The number of fused-ring (bicyclic) bond motifs is 2. The Morgan fingerprint density at radius 3 is 2.79 bits per heavy atom. The molecule has 5 rings (SSSR count). The van der Waals surface area contributed by atoms with E-state index < -0.39 is 5.66 Å². The summed E-state index contributed by atoms with van der Waals surface area (Å²) < 4.78 is 1.39. The van der Waals surface area contributed by atoms with E-state index in [4.69, 9.17) is 11.6 Å². The Kier molecular flexibility index (Phi) is 4.02. The maximum absolute atomic E-state index is 13.4. The number of amides is 1. The lowest BCUT2D eigenvalue weighted by Crippen LogP contribution is -2.70. The highest BCUT2D eigenvalue weighted by molar-refractivity contribution is 6.34.